The summed E-state index contributed by atoms with van der Waals surface area (Å²) in [6.07, 6.45) is 1.97. The molecule has 0 aromatic carbocycles. The highest BCUT2D eigenvalue weighted by Gasteiger charge is 2.34. The molecule has 9 heavy (non-hydrogen) atoms. The van der Waals surface area contributed by atoms with Crippen LogP contribution in [0.4, 0.5) is 4.11 Å². The normalized spacial score (nSPS) is 36.1. The van der Waals surface area contributed by atoms with Gasteiger partial charge in [-0.05, 0) is 24.6 Å². The quantitative estimate of drug-likeness (QED) is 0.406. The zero-order valence-electron chi connectivity index (χ0n) is 5.40. The molecule has 0 aromatic heterocycles. The summed E-state index contributed by atoms with van der Waals surface area (Å²) in [4.78, 5) is 0. The lowest BCUT2D eigenvalue weighted by Crippen LogP contribution is -2.34. The van der Waals surface area contributed by atoms with E-state index in [0.717, 1.165) is 12.8 Å². The van der Waals surface area contributed by atoms with Crippen LogP contribution in [0, 0.1) is 0 Å². The minimum atomic E-state index is -2.85. The van der Waals surface area contributed by atoms with E-state index < -0.39 is 8.65 Å². The summed E-state index contributed by atoms with van der Waals surface area (Å²) in [7, 11) is -2.85. The number of rotatable bonds is 1. The third-order valence-corrected chi connectivity index (χ3v) is 3.89. The van der Waals surface area contributed by atoms with Gasteiger partial charge in [0.25, 0.3) is 0 Å². The van der Waals surface area contributed by atoms with Crippen LogP contribution in [0.5, 0.6) is 0 Å². The van der Waals surface area contributed by atoms with Gasteiger partial charge in [-0.2, -0.15) is 0 Å². The summed E-state index contributed by atoms with van der Waals surface area (Å²) in [6, 6.07) is 0.608. The lowest BCUT2D eigenvalue weighted by Gasteiger charge is -2.22. The third kappa shape index (κ3) is 1.63. The largest absolute Gasteiger partial charge is 0.408 e. The average molecular weight is 146 g/mol. The van der Waals surface area contributed by atoms with E-state index in [-0.39, 0.29) is 0 Å². The third-order valence-electron chi connectivity index (χ3n) is 1.56. The Balaban J connectivity index is 2.46. The molecule has 0 radical (unpaired) electrons. The van der Waals surface area contributed by atoms with Crippen LogP contribution in [0.1, 0.15) is 12.8 Å². The molecule has 1 saturated heterocycles. The Labute approximate surface area is 55.8 Å². The Bertz CT molecular complexity index is 110. The van der Waals surface area contributed by atoms with Crippen LogP contribution in [0.15, 0.2) is 12.3 Å². The molecular weight excluding hydrogens is 135 g/mol. The van der Waals surface area contributed by atoms with E-state index in [1.807, 2.05) is 0 Å². The predicted molar refractivity (Wildman–Crippen MR) is 37.1 cm³/mol. The van der Waals surface area contributed by atoms with Crippen molar-refractivity contribution in [3.63, 3.8) is 0 Å². The first kappa shape index (κ1) is 6.96. The van der Waals surface area contributed by atoms with Crippen molar-refractivity contribution in [3.8, 4) is 0 Å². The minimum Gasteiger partial charge on any atom is -0.388 e. The lowest BCUT2D eigenvalue weighted by atomic mass is 10.4. The molecule has 0 amide bonds. The zero-order valence-corrected chi connectivity index (χ0v) is 6.40. The molecule has 1 rings (SSSR count). The molecule has 0 bridgehead atoms. The van der Waals surface area contributed by atoms with Crippen molar-refractivity contribution in [2.75, 3.05) is 6.61 Å². The van der Waals surface area contributed by atoms with Crippen LogP contribution in [0.2, 0.25) is 6.04 Å². The van der Waals surface area contributed by atoms with Crippen molar-refractivity contribution < 1.29 is 8.53 Å². The number of halogens is 1. The van der Waals surface area contributed by atoms with Gasteiger partial charge in [0.1, 0.15) is 0 Å². The monoisotopic (exact) mass is 146 g/mol. The molecule has 0 N–H and O–H groups in total. The minimum absolute atomic E-state index is 0.592. The van der Waals surface area contributed by atoms with Gasteiger partial charge in [-0.3, -0.25) is 4.11 Å². The fourth-order valence-electron chi connectivity index (χ4n) is 0.943. The Morgan fingerprint density at radius 3 is 2.67 bits per heavy atom. The van der Waals surface area contributed by atoms with Crippen LogP contribution in [-0.4, -0.2) is 15.3 Å². The van der Waals surface area contributed by atoms with Crippen molar-refractivity contribution in [2.45, 2.75) is 18.9 Å². The van der Waals surface area contributed by atoms with Gasteiger partial charge in [-0.1, -0.05) is 0 Å². The van der Waals surface area contributed by atoms with E-state index in [9.17, 15) is 4.11 Å². The Morgan fingerprint density at radius 1 is 1.56 bits per heavy atom. The average Bonchev–Trinajstić information content (AvgIpc) is 1.90. The van der Waals surface area contributed by atoms with E-state index in [1.54, 1.807) is 0 Å². The van der Waals surface area contributed by atoms with Crippen LogP contribution >= 0.6 is 0 Å². The summed E-state index contributed by atoms with van der Waals surface area (Å²) in [5.74, 6) is 0. The Morgan fingerprint density at radius 2 is 2.33 bits per heavy atom. The molecule has 1 atom stereocenters. The lowest BCUT2D eigenvalue weighted by molar-refractivity contribution is 0.243. The van der Waals surface area contributed by atoms with Crippen LogP contribution in [-0.2, 0) is 4.43 Å². The van der Waals surface area contributed by atoms with Gasteiger partial charge in [0, 0.05) is 6.61 Å². The van der Waals surface area contributed by atoms with E-state index in [4.69, 9.17) is 4.43 Å². The molecule has 1 fully saturated rings. The van der Waals surface area contributed by atoms with E-state index in [2.05, 4.69) is 6.58 Å². The predicted octanol–water partition coefficient (Wildman–Crippen LogP) is 1.93. The summed E-state index contributed by atoms with van der Waals surface area (Å²) in [5, 5.41) is 0. The van der Waals surface area contributed by atoms with E-state index in [0.29, 0.717) is 12.7 Å². The number of hydrogen-bond donors (Lipinski definition) is 0. The molecule has 1 aliphatic rings. The van der Waals surface area contributed by atoms with Gasteiger partial charge in [0.15, 0.2) is 0 Å². The molecule has 1 unspecified atom stereocenters. The zero-order chi connectivity index (χ0) is 6.74. The second-order valence-electron chi connectivity index (χ2n) is 2.30. The highest BCUT2D eigenvalue weighted by Crippen LogP contribution is 2.22. The summed E-state index contributed by atoms with van der Waals surface area (Å²) < 4.78 is 18.1. The molecule has 0 aromatic rings. The maximum absolute atomic E-state index is 13.1. The fourth-order valence-corrected chi connectivity index (χ4v) is 2.63. The topological polar surface area (TPSA) is 9.23 Å². The maximum atomic E-state index is 13.1. The van der Waals surface area contributed by atoms with Crippen molar-refractivity contribution in [1.82, 2.24) is 0 Å². The standard InChI is InChI=1S/C6H11FOSi/c1-2-9(7)6-4-3-5-8-9/h2H,1,3-6H2. The van der Waals surface area contributed by atoms with Crippen molar-refractivity contribution >= 4 is 8.65 Å². The summed E-state index contributed by atoms with van der Waals surface area (Å²) in [5.41, 5.74) is 1.38. The first-order valence-electron chi connectivity index (χ1n) is 3.23. The second-order valence-corrected chi connectivity index (χ2v) is 5.07. The Hall–Kier alpha value is -0.153. The maximum Gasteiger partial charge on any atom is 0.408 e. The number of hydrogen-bond acceptors (Lipinski definition) is 1. The molecule has 1 heterocycles. The molecule has 52 valence electrons. The van der Waals surface area contributed by atoms with Gasteiger partial charge in [-0.25, -0.2) is 0 Å². The second kappa shape index (κ2) is 2.62. The Kier molecular flexibility index (Phi) is 2.03. The van der Waals surface area contributed by atoms with Crippen LogP contribution in [0.25, 0.3) is 0 Å². The molecule has 0 saturated carbocycles. The smallest absolute Gasteiger partial charge is 0.388 e. The summed E-state index contributed by atoms with van der Waals surface area (Å²) in [6.45, 7) is 4.01. The van der Waals surface area contributed by atoms with Crippen molar-refractivity contribution in [2.24, 2.45) is 0 Å². The molecule has 0 spiro atoms. The van der Waals surface area contributed by atoms with Gasteiger partial charge in [-0.15, -0.1) is 6.58 Å². The molecular formula is C6H11FOSi. The summed E-state index contributed by atoms with van der Waals surface area (Å²) >= 11 is 0. The van der Waals surface area contributed by atoms with Crippen molar-refractivity contribution in [1.29, 1.82) is 0 Å². The van der Waals surface area contributed by atoms with Crippen LogP contribution in [0.3, 0.4) is 0 Å². The molecule has 1 nitrogen and oxygen atoms in total. The fraction of sp³-hybridized carbons (Fsp3) is 0.667. The highest BCUT2D eigenvalue weighted by atomic mass is 28.4. The molecule has 3 heteroatoms. The highest BCUT2D eigenvalue weighted by molar-refractivity contribution is 6.72. The van der Waals surface area contributed by atoms with E-state index in [1.165, 1.54) is 5.70 Å². The van der Waals surface area contributed by atoms with Crippen molar-refractivity contribution in [3.05, 3.63) is 12.3 Å². The first-order valence-corrected chi connectivity index (χ1v) is 5.30. The van der Waals surface area contributed by atoms with Gasteiger partial charge < -0.3 is 4.43 Å². The van der Waals surface area contributed by atoms with Gasteiger partial charge in [0.05, 0.1) is 0 Å². The van der Waals surface area contributed by atoms with E-state index >= 15 is 0 Å². The molecule has 1 aliphatic heterocycles. The SMILES string of the molecule is C=C[Si]1(F)CCCCO1. The van der Waals surface area contributed by atoms with Crippen LogP contribution < -0.4 is 0 Å². The van der Waals surface area contributed by atoms with Gasteiger partial charge >= 0.3 is 8.65 Å². The first-order chi connectivity index (χ1) is 4.27. The van der Waals surface area contributed by atoms with Gasteiger partial charge in [0.2, 0.25) is 0 Å². The molecule has 0 aliphatic carbocycles.